The molecular formula is C26H34FN3O2. The molecule has 6 heteroatoms. The summed E-state index contributed by atoms with van der Waals surface area (Å²) in [5.41, 5.74) is 1.97. The third-order valence-electron chi connectivity index (χ3n) is 6.75. The van der Waals surface area contributed by atoms with Crippen LogP contribution in [0.15, 0.2) is 36.5 Å². The predicted octanol–water partition coefficient (Wildman–Crippen LogP) is 4.85. The molecule has 32 heavy (non-hydrogen) atoms. The molecule has 1 aromatic heterocycles. The number of ether oxygens (including phenoxy) is 1. The maximum Gasteiger partial charge on any atom is 0.227 e. The fourth-order valence-corrected chi connectivity index (χ4v) is 4.89. The Kier molecular flexibility index (Phi) is 7.28. The van der Waals surface area contributed by atoms with Gasteiger partial charge in [0.1, 0.15) is 11.9 Å². The minimum Gasteiger partial charge on any atom is -0.489 e. The van der Waals surface area contributed by atoms with E-state index in [0.29, 0.717) is 24.8 Å². The highest BCUT2D eigenvalue weighted by atomic mass is 19.1. The highest BCUT2D eigenvalue weighted by molar-refractivity contribution is 5.83. The van der Waals surface area contributed by atoms with Gasteiger partial charge in [-0.25, -0.2) is 9.37 Å². The number of nitrogens with zero attached hydrogens (tertiary/aromatic N) is 2. The van der Waals surface area contributed by atoms with Crippen LogP contribution in [0.5, 0.6) is 5.75 Å². The van der Waals surface area contributed by atoms with Crippen LogP contribution in [0.25, 0.3) is 0 Å². The van der Waals surface area contributed by atoms with E-state index >= 15 is 0 Å². The zero-order chi connectivity index (χ0) is 22.5. The van der Waals surface area contributed by atoms with E-state index in [2.05, 4.69) is 10.3 Å². The van der Waals surface area contributed by atoms with Crippen LogP contribution in [0.2, 0.25) is 0 Å². The molecule has 1 N–H and O–H groups in total. The van der Waals surface area contributed by atoms with Crippen molar-refractivity contribution < 1.29 is 13.9 Å². The van der Waals surface area contributed by atoms with E-state index in [4.69, 9.17) is 4.74 Å². The summed E-state index contributed by atoms with van der Waals surface area (Å²) in [7, 11) is 0. The van der Waals surface area contributed by atoms with Crippen LogP contribution < -0.4 is 15.0 Å². The van der Waals surface area contributed by atoms with E-state index in [1.807, 2.05) is 49.2 Å². The van der Waals surface area contributed by atoms with Gasteiger partial charge in [-0.2, -0.15) is 0 Å². The van der Waals surface area contributed by atoms with Gasteiger partial charge in [-0.05, 0) is 55.5 Å². The average Bonchev–Trinajstić information content (AvgIpc) is 3.46. The Morgan fingerprint density at radius 2 is 2.00 bits per heavy atom. The third-order valence-corrected chi connectivity index (χ3v) is 6.75. The summed E-state index contributed by atoms with van der Waals surface area (Å²) < 4.78 is 20.9. The fourth-order valence-electron chi connectivity index (χ4n) is 4.89. The number of pyridine rings is 1. The number of aromatic nitrogens is 1. The molecule has 2 aliphatic rings. The van der Waals surface area contributed by atoms with Crippen LogP contribution in [-0.2, 0) is 11.2 Å². The largest absolute Gasteiger partial charge is 0.489 e. The molecule has 2 heterocycles. The maximum atomic E-state index is 14.8. The SMILES string of the molecule is CCNC(=O)C(C)c1ccc(OC2CCN(c3ncc(CC4CCCC4)cc3F)C2)cc1. The molecule has 2 atom stereocenters. The Morgan fingerprint density at radius 3 is 2.69 bits per heavy atom. The van der Waals surface area contributed by atoms with E-state index in [1.165, 1.54) is 25.7 Å². The molecule has 4 rings (SSSR count). The lowest BCUT2D eigenvalue weighted by Crippen LogP contribution is -2.27. The molecule has 0 radical (unpaired) electrons. The molecule has 0 bridgehead atoms. The number of anilines is 1. The minimum atomic E-state index is -0.232. The quantitative estimate of drug-likeness (QED) is 0.639. The number of likely N-dealkylation sites (N-methyl/N-ethyl adjacent to an activating group) is 1. The zero-order valence-electron chi connectivity index (χ0n) is 19.1. The van der Waals surface area contributed by atoms with E-state index in [0.717, 1.165) is 36.3 Å². The normalized spacial score (nSPS) is 19.8. The van der Waals surface area contributed by atoms with Crippen molar-refractivity contribution in [2.45, 2.75) is 64.4 Å². The highest BCUT2D eigenvalue weighted by Gasteiger charge is 2.27. The van der Waals surface area contributed by atoms with Gasteiger partial charge in [-0.15, -0.1) is 0 Å². The summed E-state index contributed by atoms with van der Waals surface area (Å²) >= 11 is 0. The van der Waals surface area contributed by atoms with Crippen molar-refractivity contribution in [1.82, 2.24) is 10.3 Å². The number of halogens is 1. The topological polar surface area (TPSA) is 54.5 Å². The number of amides is 1. The molecule has 1 saturated heterocycles. The molecule has 1 saturated carbocycles. The Labute approximate surface area is 190 Å². The predicted molar refractivity (Wildman–Crippen MR) is 125 cm³/mol. The van der Waals surface area contributed by atoms with Gasteiger partial charge < -0.3 is 15.0 Å². The van der Waals surface area contributed by atoms with Crippen molar-refractivity contribution in [1.29, 1.82) is 0 Å². The molecule has 1 amide bonds. The first-order chi connectivity index (χ1) is 15.5. The summed E-state index contributed by atoms with van der Waals surface area (Å²) in [6.45, 7) is 5.78. The Balaban J connectivity index is 1.32. The number of carbonyl (C=O) groups excluding carboxylic acids is 1. The number of rotatable bonds is 8. The van der Waals surface area contributed by atoms with Gasteiger partial charge in [0, 0.05) is 25.7 Å². The van der Waals surface area contributed by atoms with E-state index in [1.54, 1.807) is 6.07 Å². The number of nitrogens with one attached hydrogen (secondary N) is 1. The zero-order valence-corrected chi connectivity index (χ0v) is 19.1. The summed E-state index contributed by atoms with van der Waals surface area (Å²) in [6, 6.07) is 9.36. The molecule has 5 nitrogen and oxygen atoms in total. The van der Waals surface area contributed by atoms with Gasteiger partial charge >= 0.3 is 0 Å². The standard InChI is InChI=1S/C26H34FN3O2/c1-3-28-26(31)18(2)21-8-10-22(11-9-21)32-23-12-13-30(17-23)25-24(27)15-20(16-29-25)14-19-6-4-5-7-19/h8-11,15-16,18-19,23H,3-7,12-14,17H2,1-2H3,(H,28,31). The number of hydrogen-bond donors (Lipinski definition) is 1. The Morgan fingerprint density at radius 1 is 1.25 bits per heavy atom. The van der Waals surface area contributed by atoms with Crippen LogP contribution in [0.3, 0.4) is 0 Å². The van der Waals surface area contributed by atoms with Crippen molar-refractivity contribution in [2.24, 2.45) is 5.92 Å². The van der Waals surface area contributed by atoms with Crippen LogP contribution >= 0.6 is 0 Å². The van der Waals surface area contributed by atoms with Gasteiger partial charge in [0.15, 0.2) is 11.6 Å². The smallest absolute Gasteiger partial charge is 0.227 e. The molecule has 2 aromatic rings. The number of benzene rings is 1. The summed E-state index contributed by atoms with van der Waals surface area (Å²) in [4.78, 5) is 18.5. The second-order valence-corrected chi connectivity index (χ2v) is 9.16. The maximum absolute atomic E-state index is 14.8. The van der Waals surface area contributed by atoms with Gasteiger partial charge in [0.05, 0.1) is 12.5 Å². The average molecular weight is 440 g/mol. The Bertz CT molecular complexity index is 912. The van der Waals surface area contributed by atoms with Crippen molar-refractivity contribution in [3.05, 3.63) is 53.5 Å². The molecule has 2 fully saturated rings. The lowest BCUT2D eigenvalue weighted by molar-refractivity contribution is -0.122. The highest BCUT2D eigenvalue weighted by Crippen LogP contribution is 2.30. The molecular weight excluding hydrogens is 405 g/mol. The summed E-state index contributed by atoms with van der Waals surface area (Å²) in [6.07, 6.45) is 8.68. The first-order valence-corrected chi connectivity index (χ1v) is 12.0. The van der Waals surface area contributed by atoms with E-state index in [-0.39, 0.29) is 23.7 Å². The first kappa shape index (κ1) is 22.6. The molecule has 0 spiro atoms. The van der Waals surface area contributed by atoms with Crippen LogP contribution in [0, 0.1) is 11.7 Å². The molecule has 2 unspecified atom stereocenters. The van der Waals surface area contributed by atoms with Crippen molar-refractivity contribution in [2.75, 3.05) is 24.5 Å². The molecule has 1 aliphatic carbocycles. The van der Waals surface area contributed by atoms with Crippen molar-refractivity contribution >= 4 is 11.7 Å². The summed E-state index contributed by atoms with van der Waals surface area (Å²) in [5.74, 6) is 1.47. The van der Waals surface area contributed by atoms with E-state index in [9.17, 15) is 9.18 Å². The molecule has 1 aromatic carbocycles. The van der Waals surface area contributed by atoms with Crippen LogP contribution in [0.1, 0.15) is 63.0 Å². The lowest BCUT2D eigenvalue weighted by Gasteiger charge is -2.19. The number of hydrogen-bond acceptors (Lipinski definition) is 4. The van der Waals surface area contributed by atoms with Gasteiger partial charge in [0.25, 0.3) is 0 Å². The van der Waals surface area contributed by atoms with Crippen molar-refractivity contribution in [3.8, 4) is 5.75 Å². The van der Waals surface area contributed by atoms with E-state index < -0.39 is 0 Å². The second-order valence-electron chi connectivity index (χ2n) is 9.16. The lowest BCUT2D eigenvalue weighted by atomic mass is 9.99. The number of carbonyl (C=O) groups is 1. The van der Waals surface area contributed by atoms with Gasteiger partial charge in [-0.1, -0.05) is 37.8 Å². The monoisotopic (exact) mass is 439 g/mol. The minimum absolute atomic E-state index is 0.0129. The fraction of sp³-hybridized carbons (Fsp3) is 0.538. The van der Waals surface area contributed by atoms with Crippen molar-refractivity contribution in [3.63, 3.8) is 0 Å². The van der Waals surface area contributed by atoms with Crippen LogP contribution in [-0.4, -0.2) is 36.6 Å². The first-order valence-electron chi connectivity index (χ1n) is 12.0. The van der Waals surface area contributed by atoms with Gasteiger partial charge in [0.2, 0.25) is 5.91 Å². The third kappa shape index (κ3) is 5.40. The molecule has 1 aliphatic heterocycles. The second kappa shape index (κ2) is 10.3. The van der Waals surface area contributed by atoms with Crippen LogP contribution in [0.4, 0.5) is 10.2 Å². The van der Waals surface area contributed by atoms with Gasteiger partial charge in [-0.3, -0.25) is 4.79 Å². The molecule has 172 valence electrons. The Hall–Kier alpha value is -2.63. The summed E-state index contributed by atoms with van der Waals surface area (Å²) in [5, 5.41) is 2.85.